The Morgan fingerprint density at radius 2 is 2.00 bits per heavy atom. The molecule has 0 amide bonds. The molecule has 3 unspecified atom stereocenters. The Bertz CT molecular complexity index is 377. The predicted molar refractivity (Wildman–Crippen MR) is 78.1 cm³/mol. The molecule has 2 nitrogen and oxygen atoms in total. The van der Waals surface area contributed by atoms with Gasteiger partial charge in [-0.05, 0) is 43.4 Å². The number of rotatable bonds is 3. The van der Waals surface area contributed by atoms with E-state index < -0.39 is 0 Å². The Balaban J connectivity index is 2.10. The van der Waals surface area contributed by atoms with Crippen LogP contribution in [0.5, 0.6) is 0 Å². The Labute approximate surface area is 115 Å². The standard InChI is InChI=1S/C15H23ClN2/c1-3-11(2)18-9-13(8-15(17)10-18)12-4-6-14(16)7-5-12/h4-7,11,13,15H,3,8-10,17H2,1-2H3. The predicted octanol–water partition coefficient (Wildman–Crippen LogP) is 3.26. The van der Waals surface area contributed by atoms with Crippen molar-refractivity contribution in [3.05, 3.63) is 34.9 Å². The molecule has 0 aromatic heterocycles. The lowest BCUT2D eigenvalue weighted by Gasteiger charge is -2.39. The third-order valence-electron chi connectivity index (χ3n) is 4.07. The molecule has 0 aliphatic carbocycles. The Kier molecular flexibility index (Phi) is 4.66. The number of benzene rings is 1. The van der Waals surface area contributed by atoms with Crippen molar-refractivity contribution in [2.24, 2.45) is 5.73 Å². The van der Waals surface area contributed by atoms with Gasteiger partial charge in [-0.1, -0.05) is 30.7 Å². The van der Waals surface area contributed by atoms with Gasteiger partial charge >= 0.3 is 0 Å². The number of hydrogen-bond donors (Lipinski definition) is 1. The molecule has 1 aromatic carbocycles. The highest BCUT2D eigenvalue weighted by atomic mass is 35.5. The zero-order valence-corrected chi connectivity index (χ0v) is 12.0. The van der Waals surface area contributed by atoms with E-state index in [-0.39, 0.29) is 6.04 Å². The van der Waals surface area contributed by atoms with Gasteiger partial charge in [-0.2, -0.15) is 0 Å². The first-order valence-corrected chi connectivity index (χ1v) is 7.23. The number of nitrogens with two attached hydrogens (primary N) is 1. The van der Waals surface area contributed by atoms with Crippen LogP contribution in [0.4, 0.5) is 0 Å². The largest absolute Gasteiger partial charge is 0.327 e. The number of halogens is 1. The van der Waals surface area contributed by atoms with Gasteiger partial charge in [0.15, 0.2) is 0 Å². The first kappa shape index (κ1) is 13.9. The number of nitrogens with zero attached hydrogens (tertiary/aromatic N) is 1. The monoisotopic (exact) mass is 266 g/mol. The molecule has 0 radical (unpaired) electrons. The topological polar surface area (TPSA) is 29.3 Å². The van der Waals surface area contributed by atoms with Crippen molar-refractivity contribution < 1.29 is 0 Å². The molecule has 1 aromatic rings. The summed E-state index contributed by atoms with van der Waals surface area (Å²) in [5.74, 6) is 0.542. The molecule has 0 bridgehead atoms. The van der Waals surface area contributed by atoms with Crippen LogP contribution < -0.4 is 5.73 Å². The second-order valence-electron chi connectivity index (χ2n) is 5.46. The SMILES string of the molecule is CCC(C)N1CC(N)CC(c2ccc(Cl)cc2)C1. The van der Waals surface area contributed by atoms with Gasteiger partial charge < -0.3 is 5.73 Å². The van der Waals surface area contributed by atoms with Crippen molar-refractivity contribution in [3.63, 3.8) is 0 Å². The summed E-state index contributed by atoms with van der Waals surface area (Å²) in [6.45, 7) is 6.67. The number of piperidine rings is 1. The minimum atomic E-state index is 0.286. The van der Waals surface area contributed by atoms with Gasteiger partial charge in [0.05, 0.1) is 0 Å². The second kappa shape index (κ2) is 6.05. The molecule has 1 aliphatic rings. The highest BCUT2D eigenvalue weighted by molar-refractivity contribution is 6.30. The van der Waals surface area contributed by atoms with Crippen molar-refractivity contribution in [2.45, 2.75) is 44.7 Å². The maximum atomic E-state index is 6.21. The first-order valence-electron chi connectivity index (χ1n) is 6.85. The Hall–Kier alpha value is -0.570. The maximum Gasteiger partial charge on any atom is 0.0406 e. The second-order valence-corrected chi connectivity index (χ2v) is 5.89. The number of hydrogen-bond acceptors (Lipinski definition) is 2. The average molecular weight is 267 g/mol. The summed E-state index contributed by atoms with van der Waals surface area (Å²) < 4.78 is 0. The maximum absolute atomic E-state index is 6.21. The lowest BCUT2D eigenvalue weighted by molar-refractivity contribution is 0.140. The Morgan fingerprint density at radius 3 is 2.61 bits per heavy atom. The molecule has 18 heavy (non-hydrogen) atoms. The molecule has 2 N–H and O–H groups in total. The van der Waals surface area contributed by atoms with E-state index in [9.17, 15) is 0 Å². The van der Waals surface area contributed by atoms with Gasteiger partial charge in [-0.3, -0.25) is 4.90 Å². The fraction of sp³-hybridized carbons (Fsp3) is 0.600. The van der Waals surface area contributed by atoms with E-state index in [1.165, 1.54) is 12.0 Å². The molecule has 3 atom stereocenters. The fourth-order valence-electron chi connectivity index (χ4n) is 2.77. The van der Waals surface area contributed by atoms with Crippen LogP contribution in [0.25, 0.3) is 0 Å². The summed E-state index contributed by atoms with van der Waals surface area (Å²) in [7, 11) is 0. The quantitative estimate of drug-likeness (QED) is 0.910. The van der Waals surface area contributed by atoms with Crippen LogP contribution in [-0.4, -0.2) is 30.1 Å². The van der Waals surface area contributed by atoms with Gasteiger partial charge in [0.2, 0.25) is 0 Å². The van der Waals surface area contributed by atoms with Gasteiger partial charge in [0.25, 0.3) is 0 Å². The van der Waals surface area contributed by atoms with Crippen molar-refractivity contribution in [1.29, 1.82) is 0 Å². The minimum absolute atomic E-state index is 0.286. The zero-order chi connectivity index (χ0) is 13.1. The van der Waals surface area contributed by atoms with E-state index >= 15 is 0 Å². The highest BCUT2D eigenvalue weighted by Gasteiger charge is 2.28. The molecule has 1 heterocycles. The van der Waals surface area contributed by atoms with Crippen LogP contribution in [0.1, 0.15) is 38.2 Å². The van der Waals surface area contributed by atoms with E-state index in [1.54, 1.807) is 0 Å². The van der Waals surface area contributed by atoms with E-state index in [1.807, 2.05) is 12.1 Å². The van der Waals surface area contributed by atoms with Crippen LogP contribution in [0.2, 0.25) is 5.02 Å². The van der Waals surface area contributed by atoms with Crippen molar-refractivity contribution in [3.8, 4) is 0 Å². The molecule has 0 saturated carbocycles. The normalized spacial score (nSPS) is 27.1. The molecule has 3 heteroatoms. The third kappa shape index (κ3) is 3.25. The summed E-state index contributed by atoms with van der Waals surface area (Å²) in [6, 6.07) is 9.13. The summed E-state index contributed by atoms with van der Waals surface area (Å²) >= 11 is 5.95. The van der Waals surface area contributed by atoms with Crippen LogP contribution in [-0.2, 0) is 0 Å². The molecule has 100 valence electrons. The summed E-state index contributed by atoms with van der Waals surface area (Å²) in [5, 5.41) is 0.803. The molecule has 1 fully saturated rings. The van der Waals surface area contributed by atoms with E-state index in [2.05, 4.69) is 30.9 Å². The number of likely N-dealkylation sites (tertiary alicyclic amines) is 1. The van der Waals surface area contributed by atoms with Crippen LogP contribution in [0.15, 0.2) is 24.3 Å². The van der Waals surface area contributed by atoms with E-state index in [0.717, 1.165) is 24.5 Å². The smallest absolute Gasteiger partial charge is 0.0406 e. The summed E-state index contributed by atoms with van der Waals surface area (Å²) in [5.41, 5.74) is 7.57. The Morgan fingerprint density at radius 1 is 1.33 bits per heavy atom. The lowest BCUT2D eigenvalue weighted by atomic mass is 9.87. The molecule has 2 rings (SSSR count). The first-order chi connectivity index (χ1) is 8.60. The van der Waals surface area contributed by atoms with Crippen molar-refractivity contribution in [2.75, 3.05) is 13.1 Å². The molecule has 1 saturated heterocycles. The van der Waals surface area contributed by atoms with Crippen molar-refractivity contribution in [1.82, 2.24) is 4.90 Å². The van der Waals surface area contributed by atoms with Crippen LogP contribution in [0.3, 0.4) is 0 Å². The lowest BCUT2D eigenvalue weighted by Crippen LogP contribution is -2.49. The van der Waals surface area contributed by atoms with Gasteiger partial charge in [0.1, 0.15) is 0 Å². The molecule has 0 spiro atoms. The molecular weight excluding hydrogens is 244 g/mol. The molecule has 1 aliphatic heterocycles. The van der Waals surface area contributed by atoms with E-state index in [0.29, 0.717) is 12.0 Å². The van der Waals surface area contributed by atoms with Crippen LogP contribution in [0, 0.1) is 0 Å². The van der Waals surface area contributed by atoms with E-state index in [4.69, 9.17) is 17.3 Å². The van der Waals surface area contributed by atoms with Gasteiger partial charge in [-0.15, -0.1) is 0 Å². The molecular formula is C15H23ClN2. The average Bonchev–Trinajstić information content (AvgIpc) is 2.38. The summed E-state index contributed by atoms with van der Waals surface area (Å²) in [6.07, 6.45) is 2.26. The van der Waals surface area contributed by atoms with Crippen LogP contribution >= 0.6 is 11.6 Å². The van der Waals surface area contributed by atoms with Crippen molar-refractivity contribution >= 4 is 11.6 Å². The van der Waals surface area contributed by atoms with Gasteiger partial charge in [-0.25, -0.2) is 0 Å². The zero-order valence-electron chi connectivity index (χ0n) is 11.3. The highest BCUT2D eigenvalue weighted by Crippen LogP contribution is 2.28. The fourth-order valence-corrected chi connectivity index (χ4v) is 2.89. The van der Waals surface area contributed by atoms with Gasteiger partial charge in [0, 0.05) is 30.2 Å². The third-order valence-corrected chi connectivity index (χ3v) is 4.32. The summed E-state index contributed by atoms with van der Waals surface area (Å²) in [4.78, 5) is 2.52. The minimum Gasteiger partial charge on any atom is -0.327 e.